The monoisotopic (exact) mass is 555 g/mol. The predicted octanol–water partition coefficient (Wildman–Crippen LogP) is 5.58. The first-order valence-corrected chi connectivity index (χ1v) is 12.2. The lowest BCUT2D eigenvalue weighted by molar-refractivity contribution is -0.384. The molecule has 10 nitrogen and oxygen atoms in total. The molecule has 0 saturated carbocycles. The van der Waals surface area contributed by atoms with Crippen molar-refractivity contribution in [2.45, 2.75) is 0 Å². The fourth-order valence-corrected chi connectivity index (χ4v) is 4.20. The second-order valence-corrected chi connectivity index (χ2v) is 9.07. The quantitative estimate of drug-likeness (QED) is 0.120. The van der Waals surface area contributed by atoms with Crippen LogP contribution in [0.5, 0.6) is 11.5 Å². The van der Waals surface area contributed by atoms with E-state index < -0.39 is 35.0 Å². The Morgan fingerprint density at radius 1 is 0.775 bits per heavy atom. The Kier molecular flexibility index (Phi) is 7.09. The highest BCUT2D eigenvalue weighted by atomic mass is 35.5. The lowest BCUT2D eigenvalue weighted by Gasteiger charge is -2.29. The largest absolute Gasteiger partial charge is 0.457 e. The average Bonchev–Trinajstić information content (AvgIpc) is 3.22. The maximum Gasteiger partial charge on any atom is 0.280 e. The lowest BCUT2D eigenvalue weighted by Crippen LogP contribution is -2.51. The van der Waals surface area contributed by atoms with E-state index in [1.165, 1.54) is 84.9 Å². The molecule has 1 heterocycles. The zero-order valence-corrected chi connectivity index (χ0v) is 21.3. The van der Waals surface area contributed by atoms with Crippen LogP contribution in [0.1, 0.15) is 41.4 Å². The van der Waals surface area contributed by atoms with E-state index in [1.54, 1.807) is 12.1 Å². The molecule has 1 aliphatic heterocycles. The van der Waals surface area contributed by atoms with Gasteiger partial charge in [0.25, 0.3) is 23.4 Å². The summed E-state index contributed by atoms with van der Waals surface area (Å²) < 4.78 is 5.67. The SMILES string of the molecule is O=C(CN(C(=O)c1ccc(Cl)cc1)N1C(=O)c2ccccc2C1=O)c1ccc(Oc2ccc([N+](=O)[O-])cc2)cc1. The summed E-state index contributed by atoms with van der Waals surface area (Å²) in [5.41, 5.74) is 0.495. The number of nitrogens with zero attached hydrogens (tertiary/aromatic N) is 3. The molecule has 0 saturated heterocycles. The van der Waals surface area contributed by atoms with Gasteiger partial charge in [0.15, 0.2) is 5.78 Å². The van der Waals surface area contributed by atoms with Gasteiger partial charge in [-0.2, -0.15) is 5.01 Å². The Bertz CT molecular complexity index is 1620. The zero-order chi connectivity index (χ0) is 28.4. The number of fused-ring (bicyclic) bond motifs is 1. The summed E-state index contributed by atoms with van der Waals surface area (Å²) in [5, 5.41) is 12.7. The van der Waals surface area contributed by atoms with E-state index in [4.69, 9.17) is 16.3 Å². The smallest absolute Gasteiger partial charge is 0.280 e. The maximum absolute atomic E-state index is 13.5. The second-order valence-electron chi connectivity index (χ2n) is 8.64. The summed E-state index contributed by atoms with van der Waals surface area (Å²) in [4.78, 5) is 63.4. The van der Waals surface area contributed by atoms with Crippen molar-refractivity contribution in [3.8, 4) is 11.5 Å². The number of ether oxygens (including phenoxy) is 1. The fourth-order valence-electron chi connectivity index (χ4n) is 4.08. The number of imide groups is 1. The minimum atomic E-state index is -0.738. The summed E-state index contributed by atoms with van der Waals surface area (Å²) in [6.45, 7) is -0.602. The number of hydrogen-bond acceptors (Lipinski definition) is 7. The van der Waals surface area contributed by atoms with Gasteiger partial charge in [0.05, 0.1) is 16.1 Å². The van der Waals surface area contributed by atoms with Gasteiger partial charge < -0.3 is 4.74 Å². The van der Waals surface area contributed by atoms with Crippen molar-refractivity contribution in [1.82, 2.24) is 10.0 Å². The van der Waals surface area contributed by atoms with Gasteiger partial charge in [0.1, 0.15) is 18.0 Å². The lowest BCUT2D eigenvalue weighted by atomic mass is 10.1. The third-order valence-electron chi connectivity index (χ3n) is 6.09. The first kappa shape index (κ1) is 26.3. The van der Waals surface area contributed by atoms with Crippen LogP contribution in [0, 0.1) is 10.1 Å². The van der Waals surface area contributed by atoms with Crippen LogP contribution < -0.4 is 4.74 Å². The van der Waals surface area contributed by atoms with Gasteiger partial charge in [-0.1, -0.05) is 23.7 Å². The number of ketones is 1. The Hall–Kier alpha value is -5.35. The summed E-state index contributed by atoms with van der Waals surface area (Å²) >= 11 is 5.94. The molecule has 3 amide bonds. The van der Waals surface area contributed by atoms with Crippen LogP contribution >= 0.6 is 11.6 Å². The summed E-state index contributed by atoms with van der Waals surface area (Å²) in [6, 6.07) is 23.5. The molecule has 0 radical (unpaired) electrons. The van der Waals surface area contributed by atoms with Gasteiger partial charge in [-0.3, -0.25) is 29.3 Å². The molecule has 4 aromatic carbocycles. The van der Waals surface area contributed by atoms with Crippen LogP contribution in [0.15, 0.2) is 97.1 Å². The molecular formula is C29H18ClN3O7. The number of amides is 3. The maximum atomic E-state index is 13.5. The van der Waals surface area contributed by atoms with Crippen LogP contribution in [-0.2, 0) is 0 Å². The highest BCUT2D eigenvalue weighted by Gasteiger charge is 2.42. The fraction of sp³-hybridized carbons (Fsp3) is 0.0345. The van der Waals surface area contributed by atoms with Crippen molar-refractivity contribution in [2.75, 3.05) is 6.54 Å². The first-order chi connectivity index (χ1) is 19.2. The number of carbonyl (C=O) groups is 4. The third kappa shape index (κ3) is 5.16. The Morgan fingerprint density at radius 2 is 1.27 bits per heavy atom. The van der Waals surface area contributed by atoms with Crippen LogP contribution in [-0.4, -0.2) is 45.0 Å². The van der Waals surface area contributed by atoms with Crippen LogP contribution in [0.25, 0.3) is 0 Å². The predicted molar refractivity (Wildman–Crippen MR) is 143 cm³/mol. The van der Waals surface area contributed by atoms with E-state index in [1.807, 2.05) is 0 Å². The number of hydrazine groups is 1. The summed E-state index contributed by atoms with van der Waals surface area (Å²) in [5.74, 6) is -2.00. The normalized spacial score (nSPS) is 12.2. The van der Waals surface area contributed by atoms with Crippen molar-refractivity contribution in [2.24, 2.45) is 0 Å². The van der Waals surface area contributed by atoms with Crippen molar-refractivity contribution < 1.29 is 28.8 Å². The Labute approximate surface area is 232 Å². The van der Waals surface area contributed by atoms with E-state index in [0.717, 1.165) is 5.01 Å². The highest BCUT2D eigenvalue weighted by Crippen LogP contribution is 2.27. The molecule has 0 aromatic heterocycles. The number of Topliss-reactive ketones (excluding diaryl/α,β-unsaturated/α-hetero) is 1. The molecule has 40 heavy (non-hydrogen) atoms. The van der Waals surface area contributed by atoms with Crippen LogP contribution in [0.2, 0.25) is 5.02 Å². The van der Waals surface area contributed by atoms with Gasteiger partial charge >= 0.3 is 0 Å². The molecular weight excluding hydrogens is 538 g/mol. The van der Waals surface area contributed by atoms with Crippen LogP contribution in [0.3, 0.4) is 0 Å². The Balaban J connectivity index is 1.38. The number of hydrogen-bond donors (Lipinski definition) is 0. The molecule has 0 spiro atoms. The van der Waals surface area contributed by atoms with E-state index in [9.17, 15) is 29.3 Å². The number of benzene rings is 4. The van der Waals surface area contributed by atoms with Crippen molar-refractivity contribution in [1.29, 1.82) is 0 Å². The van der Waals surface area contributed by atoms with Crippen LogP contribution in [0.4, 0.5) is 5.69 Å². The van der Waals surface area contributed by atoms with Gasteiger partial charge in [-0.05, 0) is 72.8 Å². The second kappa shape index (κ2) is 10.8. The molecule has 0 aliphatic carbocycles. The molecule has 0 atom stereocenters. The number of non-ortho nitro benzene ring substituents is 1. The third-order valence-corrected chi connectivity index (χ3v) is 6.34. The van der Waals surface area contributed by atoms with Crippen molar-refractivity contribution in [3.05, 3.63) is 134 Å². The molecule has 0 bridgehead atoms. The number of nitro benzene ring substituents is 1. The van der Waals surface area contributed by atoms with Gasteiger partial charge in [-0.15, -0.1) is 0 Å². The van der Waals surface area contributed by atoms with Crippen molar-refractivity contribution in [3.63, 3.8) is 0 Å². The van der Waals surface area contributed by atoms with E-state index >= 15 is 0 Å². The van der Waals surface area contributed by atoms with E-state index in [2.05, 4.69) is 0 Å². The van der Waals surface area contributed by atoms with Gasteiger partial charge in [-0.25, -0.2) is 5.01 Å². The zero-order valence-electron chi connectivity index (χ0n) is 20.5. The number of carbonyl (C=O) groups excluding carboxylic acids is 4. The summed E-state index contributed by atoms with van der Waals surface area (Å²) in [7, 11) is 0. The topological polar surface area (TPSA) is 127 Å². The number of nitro groups is 1. The van der Waals surface area contributed by atoms with E-state index in [-0.39, 0.29) is 27.9 Å². The molecule has 4 aromatic rings. The van der Waals surface area contributed by atoms with Gasteiger partial charge in [0, 0.05) is 28.3 Å². The Morgan fingerprint density at radius 3 is 1.80 bits per heavy atom. The minimum Gasteiger partial charge on any atom is -0.457 e. The molecule has 0 N–H and O–H groups in total. The molecule has 5 rings (SSSR count). The molecule has 1 aliphatic rings. The number of halogens is 1. The van der Waals surface area contributed by atoms with E-state index in [0.29, 0.717) is 21.5 Å². The average molecular weight is 556 g/mol. The van der Waals surface area contributed by atoms with Gasteiger partial charge in [0.2, 0.25) is 0 Å². The molecule has 198 valence electrons. The molecule has 0 unspecified atom stereocenters. The van der Waals surface area contributed by atoms with Crippen molar-refractivity contribution >= 4 is 40.8 Å². The first-order valence-electron chi connectivity index (χ1n) is 11.8. The number of rotatable bonds is 8. The highest BCUT2D eigenvalue weighted by molar-refractivity contribution is 6.30. The molecule has 0 fully saturated rings. The molecule has 11 heteroatoms. The minimum absolute atomic E-state index is 0.0796. The standard InChI is InChI=1S/C29H18ClN3O7/c30-20-9-5-19(6-10-20)27(35)31(32-28(36)24-3-1-2-4-25(24)29(32)37)17-26(34)18-7-13-22(14-8-18)40-23-15-11-21(12-16-23)33(38)39/h1-16H,17H2. The summed E-state index contributed by atoms with van der Waals surface area (Å²) in [6.07, 6.45) is 0.